The largest absolute Gasteiger partial charge is 0.490 e. The Morgan fingerprint density at radius 1 is 1.23 bits per heavy atom. The number of fused-ring (bicyclic) bond motifs is 1. The summed E-state index contributed by atoms with van der Waals surface area (Å²) in [6, 6.07) is 8.86. The Balaban J connectivity index is 1.35. The lowest BCUT2D eigenvalue weighted by Crippen LogP contribution is -2.31. The van der Waals surface area contributed by atoms with Crippen molar-refractivity contribution in [3.63, 3.8) is 0 Å². The minimum absolute atomic E-state index is 0.0261. The number of anilines is 3. The van der Waals surface area contributed by atoms with Crippen molar-refractivity contribution < 1.29 is 23.5 Å². The number of hydrogen-bond acceptors (Lipinski definition) is 6. The second-order valence-corrected chi connectivity index (χ2v) is 9.50. The lowest BCUT2D eigenvalue weighted by atomic mass is 9.90. The van der Waals surface area contributed by atoms with Gasteiger partial charge < -0.3 is 20.5 Å². The molecular weight excluding hydrogens is 471 g/mol. The smallest absolute Gasteiger partial charge is 0.325 e. The number of primary amides is 1. The second-order valence-electron chi connectivity index (χ2n) is 8.67. The number of nitrogens with zero attached hydrogens (tertiary/aromatic N) is 2. The zero-order valence-corrected chi connectivity index (χ0v) is 19.8. The Kier molecular flexibility index (Phi) is 6.54. The molecule has 2 heterocycles. The maximum Gasteiger partial charge on any atom is 0.325 e. The fourth-order valence-electron chi connectivity index (χ4n) is 4.38. The van der Waals surface area contributed by atoms with E-state index in [9.17, 15) is 14.0 Å². The number of rotatable bonds is 6. The number of halogens is 1. The fourth-order valence-corrected chi connectivity index (χ4v) is 5.24. The lowest BCUT2D eigenvalue weighted by molar-refractivity contribution is -0.118. The van der Waals surface area contributed by atoms with E-state index in [-0.39, 0.29) is 24.0 Å². The van der Waals surface area contributed by atoms with E-state index in [1.165, 1.54) is 42.7 Å². The minimum Gasteiger partial charge on any atom is -0.490 e. The molecule has 0 spiro atoms. The van der Waals surface area contributed by atoms with Gasteiger partial charge in [-0.05, 0) is 49.1 Å². The van der Waals surface area contributed by atoms with Gasteiger partial charge in [0.25, 0.3) is 5.91 Å². The molecule has 3 aromatic rings. The van der Waals surface area contributed by atoms with Gasteiger partial charge >= 0.3 is 6.03 Å². The molecule has 0 radical (unpaired) electrons. The molecule has 8 nitrogen and oxygen atoms in total. The molecule has 1 aromatic heterocycles. The van der Waals surface area contributed by atoms with Crippen LogP contribution in [0.5, 0.6) is 11.5 Å². The van der Waals surface area contributed by atoms with E-state index in [0.717, 1.165) is 23.3 Å². The Labute approximate surface area is 205 Å². The molecule has 0 atom stereocenters. The molecule has 2 aromatic carbocycles. The zero-order chi connectivity index (χ0) is 24.4. The number of urea groups is 1. The number of ether oxygens (including phenoxy) is 2. The van der Waals surface area contributed by atoms with Gasteiger partial charge in [0.05, 0.1) is 23.7 Å². The third kappa shape index (κ3) is 5.07. The van der Waals surface area contributed by atoms with E-state index in [1.807, 2.05) is 6.07 Å². The van der Waals surface area contributed by atoms with Crippen molar-refractivity contribution in [1.82, 2.24) is 4.98 Å². The molecule has 0 unspecified atom stereocenters. The van der Waals surface area contributed by atoms with Gasteiger partial charge in [0.15, 0.2) is 23.3 Å². The van der Waals surface area contributed by atoms with E-state index in [1.54, 1.807) is 23.6 Å². The molecule has 10 heteroatoms. The molecule has 1 aliphatic heterocycles. The van der Waals surface area contributed by atoms with Crippen LogP contribution in [0.2, 0.25) is 0 Å². The van der Waals surface area contributed by atoms with Crippen LogP contribution in [0.4, 0.5) is 25.7 Å². The monoisotopic (exact) mass is 496 g/mol. The van der Waals surface area contributed by atoms with Crippen LogP contribution in [0.15, 0.2) is 41.8 Å². The van der Waals surface area contributed by atoms with Gasteiger partial charge in [-0.15, -0.1) is 11.3 Å². The first-order valence-corrected chi connectivity index (χ1v) is 12.4. The molecule has 3 N–H and O–H groups in total. The van der Waals surface area contributed by atoms with Crippen LogP contribution in [-0.4, -0.2) is 30.1 Å². The van der Waals surface area contributed by atoms with Gasteiger partial charge in [-0.1, -0.05) is 19.3 Å². The van der Waals surface area contributed by atoms with Crippen LogP contribution in [0.1, 0.15) is 32.1 Å². The summed E-state index contributed by atoms with van der Waals surface area (Å²) in [6.45, 7) is 0.458. The fraction of sp³-hybridized carbons (Fsp3) is 0.320. The van der Waals surface area contributed by atoms with Gasteiger partial charge in [0.2, 0.25) is 0 Å². The van der Waals surface area contributed by atoms with E-state index < -0.39 is 11.8 Å². The van der Waals surface area contributed by atoms with Crippen molar-refractivity contribution in [3.8, 4) is 22.8 Å². The second kappa shape index (κ2) is 9.91. The topological polar surface area (TPSA) is 107 Å². The van der Waals surface area contributed by atoms with Crippen LogP contribution >= 0.6 is 11.3 Å². The first-order valence-electron chi connectivity index (χ1n) is 11.5. The summed E-state index contributed by atoms with van der Waals surface area (Å²) in [5, 5.41) is 4.81. The normalized spacial score (nSPS) is 15.6. The molecule has 35 heavy (non-hydrogen) atoms. The Morgan fingerprint density at radius 3 is 2.83 bits per heavy atom. The highest BCUT2D eigenvalue weighted by atomic mass is 32.1. The van der Waals surface area contributed by atoms with Gasteiger partial charge in [-0.2, -0.15) is 0 Å². The number of benzene rings is 2. The highest BCUT2D eigenvalue weighted by molar-refractivity contribution is 7.14. The first kappa shape index (κ1) is 23.1. The van der Waals surface area contributed by atoms with Crippen LogP contribution in [0.3, 0.4) is 0 Å². The molecule has 182 valence electrons. The van der Waals surface area contributed by atoms with E-state index >= 15 is 0 Å². The van der Waals surface area contributed by atoms with Crippen molar-refractivity contribution in [2.75, 3.05) is 23.4 Å². The van der Waals surface area contributed by atoms with Gasteiger partial charge in [0, 0.05) is 17.0 Å². The third-order valence-corrected chi connectivity index (χ3v) is 7.01. The third-order valence-electron chi connectivity index (χ3n) is 6.18. The zero-order valence-electron chi connectivity index (χ0n) is 19.0. The number of hydrogen-bond donors (Lipinski definition) is 2. The summed E-state index contributed by atoms with van der Waals surface area (Å²) < 4.78 is 26.0. The average molecular weight is 497 g/mol. The summed E-state index contributed by atoms with van der Waals surface area (Å²) in [5.74, 6) is 0.376. The maximum absolute atomic E-state index is 14.8. The molecule has 0 bridgehead atoms. The van der Waals surface area contributed by atoms with E-state index in [0.29, 0.717) is 34.8 Å². The first-order chi connectivity index (χ1) is 17.0. The minimum atomic E-state index is -0.785. The quantitative estimate of drug-likeness (QED) is 0.472. The van der Waals surface area contributed by atoms with Gasteiger partial charge in [0.1, 0.15) is 5.75 Å². The van der Waals surface area contributed by atoms with E-state index in [2.05, 4.69) is 10.3 Å². The molecule has 2 aliphatic rings. The molecule has 5 rings (SSSR count). The van der Waals surface area contributed by atoms with Crippen molar-refractivity contribution in [2.45, 2.75) is 32.1 Å². The molecule has 1 saturated carbocycles. The number of aromatic nitrogens is 1. The van der Waals surface area contributed by atoms with Crippen LogP contribution in [0.25, 0.3) is 11.3 Å². The molecule has 1 fully saturated rings. The summed E-state index contributed by atoms with van der Waals surface area (Å²) in [6.07, 6.45) is 5.83. The SMILES string of the molecule is NC(=O)N(c1ccc(OCC2CCCCC2)c(F)c1)c1nc(-c2ccc3c(c2)NC(=O)CO3)cs1. The standard InChI is InChI=1S/C25H25FN4O4S/c26-18-11-17(7-9-21(18)33-12-15-4-2-1-3-5-15)30(24(27)32)25-29-20(14-35-25)16-6-8-22-19(10-16)28-23(31)13-34-22/h6-11,14-15H,1-5,12-13H2,(H2,27,32)(H,28,31). The highest BCUT2D eigenvalue weighted by Crippen LogP contribution is 2.37. The average Bonchev–Trinajstić information content (AvgIpc) is 3.33. The van der Waals surface area contributed by atoms with E-state index in [4.69, 9.17) is 15.2 Å². The van der Waals surface area contributed by atoms with Crippen LogP contribution in [-0.2, 0) is 4.79 Å². The van der Waals surface area contributed by atoms with Crippen molar-refractivity contribution in [3.05, 3.63) is 47.6 Å². The predicted octanol–water partition coefficient (Wildman–Crippen LogP) is 5.46. The number of carbonyl (C=O) groups is 2. The van der Waals surface area contributed by atoms with Crippen LogP contribution < -0.4 is 25.4 Å². The Hall–Kier alpha value is -3.66. The summed E-state index contributed by atoms with van der Waals surface area (Å²) in [5.41, 5.74) is 7.74. The summed E-state index contributed by atoms with van der Waals surface area (Å²) in [7, 11) is 0. The Morgan fingerprint density at radius 2 is 2.06 bits per heavy atom. The summed E-state index contributed by atoms with van der Waals surface area (Å²) >= 11 is 1.19. The van der Waals surface area contributed by atoms with Crippen molar-refractivity contribution in [2.24, 2.45) is 11.7 Å². The molecule has 0 saturated heterocycles. The van der Waals surface area contributed by atoms with Crippen LogP contribution in [0, 0.1) is 11.7 Å². The van der Waals surface area contributed by atoms with Gasteiger partial charge in [-0.3, -0.25) is 4.79 Å². The molecule has 1 aliphatic carbocycles. The Bertz CT molecular complexity index is 1260. The van der Waals surface area contributed by atoms with Gasteiger partial charge in [-0.25, -0.2) is 19.1 Å². The maximum atomic E-state index is 14.8. The molecular formula is C25H25FN4O4S. The van der Waals surface area contributed by atoms with Crippen molar-refractivity contribution >= 4 is 39.8 Å². The van der Waals surface area contributed by atoms with Crippen molar-refractivity contribution in [1.29, 1.82) is 0 Å². The number of nitrogens with two attached hydrogens (primary N) is 1. The highest BCUT2D eigenvalue weighted by Gasteiger charge is 2.23. The lowest BCUT2D eigenvalue weighted by Gasteiger charge is -2.22. The number of nitrogens with one attached hydrogen (secondary N) is 1. The number of amides is 3. The number of thiazole rings is 1. The summed E-state index contributed by atoms with van der Waals surface area (Å²) in [4.78, 5) is 29.6. The predicted molar refractivity (Wildman–Crippen MR) is 132 cm³/mol. The number of carbonyl (C=O) groups excluding carboxylic acids is 2. The molecule has 3 amide bonds.